The summed E-state index contributed by atoms with van der Waals surface area (Å²) in [5, 5.41) is 0. The Morgan fingerprint density at radius 2 is 1.14 bits per heavy atom. The van der Waals surface area contributed by atoms with Gasteiger partial charge in [0.05, 0.1) is 0 Å². The molecule has 0 radical (unpaired) electrons. The standard InChI is InChI=1S/C3H9N.Cl2GeH2/c1-4(2)3;1-3-2/h1-3H3;3H2. The van der Waals surface area contributed by atoms with E-state index >= 15 is 0 Å². The first kappa shape index (κ1) is 11.0. The van der Waals surface area contributed by atoms with Crippen LogP contribution >= 0.6 is 20.0 Å². The van der Waals surface area contributed by atoms with Crippen LogP contribution in [0.1, 0.15) is 0 Å². The van der Waals surface area contributed by atoms with Crippen LogP contribution in [0, 0.1) is 0 Å². The average molecular weight is 205 g/mol. The molecule has 7 heavy (non-hydrogen) atoms. The minimum atomic E-state index is -0.931. The Bertz CT molecular complexity index is 24.1. The molecule has 0 amide bonds. The third-order valence-electron chi connectivity index (χ3n) is 0. The Morgan fingerprint density at radius 3 is 1.14 bits per heavy atom. The molecular weight excluding hydrogens is 194 g/mol. The van der Waals surface area contributed by atoms with Gasteiger partial charge in [-0.15, -0.1) is 0 Å². The predicted molar refractivity (Wildman–Crippen MR) is 39.9 cm³/mol. The molecule has 0 aliphatic rings. The van der Waals surface area contributed by atoms with E-state index < -0.39 is 13.6 Å². The van der Waals surface area contributed by atoms with Crippen molar-refractivity contribution in [3.05, 3.63) is 0 Å². The van der Waals surface area contributed by atoms with Gasteiger partial charge in [0.2, 0.25) is 0 Å². The predicted octanol–water partition coefficient (Wildman–Crippen LogP) is 0.641. The quantitative estimate of drug-likeness (QED) is 0.524. The third kappa shape index (κ3) is 156. The van der Waals surface area contributed by atoms with Crippen molar-refractivity contribution in [2.75, 3.05) is 21.1 Å². The molecule has 0 saturated heterocycles. The average Bonchev–Trinajstić information content (AvgIpc) is 1.33. The fourth-order valence-electron chi connectivity index (χ4n) is 0. The van der Waals surface area contributed by atoms with Crippen molar-refractivity contribution in [1.29, 1.82) is 0 Å². The van der Waals surface area contributed by atoms with Gasteiger partial charge in [-0.05, 0) is 21.1 Å². The Hall–Kier alpha value is 1.08. The Kier molecular flexibility index (Phi) is 15.9. The van der Waals surface area contributed by atoms with Crippen molar-refractivity contribution < 1.29 is 0 Å². The molecule has 0 saturated carbocycles. The molecule has 4 heteroatoms. The molecule has 0 unspecified atom stereocenters. The monoisotopic (exact) mass is 205 g/mol. The molecule has 0 fully saturated rings. The summed E-state index contributed by atoms with van der Waals surface area (Å²) in [7, 11) is 15.9. The zero-order valence-electron chi connectivity index (χ0n) is 4.91. The van der Waals surface area contributed by atoms with Crippen LogP contribution in [0.4, 0.5) is 0 Å². The second kappa shape index (κ2) is 10.1. The summed E-state index contributed by atoms with van der Waals surface area (Å²) in [6.07, 6.45) is 0. The molecule has 0 N–H and O–H groups in total. The summed E-state index contributed by atoms with van der Waals surface area (Å²) < 4.78 is 0. The molecule has 0 rings (SSSR count). The van der Waals surface area contributed by atoms with Crippen LogP contribution in [0.15, 0.2) is 0 Å². The van der Waals surface area contributed by atoms with Crippen LogP contribution in [0.5, 0.6) is 0 Å². The van der Waals surface area contributed by atoms with E-state index in [0.29, 0.717) is 0 Å². The van der Waals surface area contributed by atoms with Crippen molar-refractivity contribution in [2.24, 2.45) is 0 Å². The molecule has 0 heterocycles. The Balaban J connectivity index is 0. The first-order valence-corrected chi connectivity index (χ1v) is 9.67. The van der Waals surface area contributed by atoms with Gasteiger partial charge < -0.3 is 4.90 Å². The first-order valence-electron chi connectivity index (χ1n) is 1.88. The molecule has 0 aliphatic carbocycles. The molecular formula is C3H11Cl2GeN. The molecule has 0 aromatic carbocycles. The van der Waals surface area contributed by atoms with Crippen LogP contribution in [0.2, 0.25) is 0 Å². The van der Waals surface area contributed by atoms with Crippen LogP contribution in [0.3, 0.4) is 0 Å². The number of hydrogen-bond donors (Lipinski definition) is 0. The van der Waals surface area contributed by atoms with E-state index in [1.165, 1.54) is 0 Å². The second-order valence-electron chi connectivity index (χ2n) is 1.44. The molecule has 46 valence electrons. The normalized spacial score (nSPS) is 7.71. The van der Waals surface area contributed by atoms with Crippen LogP contribution in [-0.2, 0) is 0 Å². The molecule has 0 atom stereocenters. The molecule has 0 bridgehead atoms. The van der Waals surface area contributed by atoms with E-state index in [-0.39, 0.29) is 0 Å². The number of rotatable bonds is 0. The zero-order valence-corrected chi connectivity index (χ0v) is 9.39. The number of halogens is 2. The number of hydrogen-bond acceptors (Lipinski definition) is 1. The van der Waals surface area contributed by atoms with Gasteiger partial charge in [-0.2, -0.15) is 0 Å². The van der Waals surface area contributed by atoms with E-state index in [2.05, 4.69) is 0 Å². The van der Waals surface area contributed by atoms with Gasteiger partial charge in [0.15, 0.2) is 0 Å². The van der Waals surface area contributed by atoms with E-state index in [0.717, 1.165) is 0 Å². The van der Waals surface area contributed by atoms with Crippen LogP contribution < -0.4 is 0 Å². The van der Waals surface area contributed by atoms with Crippen molar-refractivity contribution in [3.63, 3.8) is 0 Å². The molecule has 0 aliphatic heterocycles. The van der Waals surface area contributed by atoms with E-state index in [1.54, 1.807) is 0 Å². The van der Waals surface area contributed by atoms with E-state index in [9.17, 15) is 0 Å². The summed E-state index contributed by atoms with van der Waals surface area (Å²) in [6, 6.07) is 0. The fraction of sp³-hybridized carbons (Fsp3) is 1.00. The van der Waals surface area contributed by atoms with Crippen molar-refractivity contribution >= 4 is 33.6 Å². The summed E-state index contributed by atoms with van der Waals surface area (Å²) in [5.41, 5.74) is 0. The van der Waals surface area contributed by atoms with Gasteiger partial charge in [0, 0.05) is 0 Å². The zero-order chi connectivity index (χ0) is 6.28. The Labute approximate surface area is 59.8 Å². The fourth-order valence-corrected chi connectivity index (χ4v) is 0. The van der Waals surface area contributed by atoms with Gasteiger partial charge in [0.1, 0.15) is 0 Å². The van der Waals surface area contributed by atoms with Gasteiger partial charge in [-0.3, -0.25) is 0 Å². The molecule has 0 aromatic rings. The van der Waals surface area contributed by atoms with Gasteiger partial charge >= 0.3 is 33.6 Å². The van der Waals surface area contributed by atoms with Crippen molar-refractivity contribution in [1.82, 2.24) is 4.90 Å². The van der Waals surface area contributed by atoms with E-state index in [1.807, 2.05) is 26.0 Å². The SMILES string of the molecule is CN(C)C.[Cl][GeH2][Cl]. The van der Waals surface area contributed by atoms with E-state index in [4.69, 9.17) is 20.0 Å². The summed E-state index contributed by atoms with van der Waals surface area (Å²) >= 11 is -0.931. The van der Waals surface area contributed by atoms with Crippen molar-refractivity contribution in [2.45, 2.75) is 0 Å². The summed E-state index contributed by atoms with van der Waals surface area (Å²) in [5.74, 6) is 0. The maximum absolute atomic E-state index is 4.95. The topological polar surface area (TPSA) is 3.24 Å². The number of nitrogens with zero attached hydrogens (tertiary/aromatic N) is 1. The first-order chi connectivity index (χ1) is 3.15. The maximum atomic E-state index is 4.95. The molecule has 0 aromatic heterocycles. The molecule has 0 spiro atoms. The van der Waals surface area contributed by atoms with Gasteiger partial charge in [-0.1, -0.05) is 0 Å². The third-order valence-corrected chi connectivity index (χ3v) is 0. The van der Waals surface area contributed by atoms with Gasteiger partial charge in [0.25, 0.3) is 0 Å². The van der Waals surface area contributed by atoms with Crippen LogP contribution in [0.25, 0.3) is 0 Å². The van der Waals surface area contributed by atoms with Gasteiger partial charge in [-0.25, -0.2) is 0 Å². The van der Waals surface area contributed by atoms with Crippen LogP contribution in [-0.4, -0.2) is 39.6 Å². The van der Waals surface area contributed by atoms with Crippen molar-refractivity contribution in [3.8, 4) is 0 Å². The summed E-state index contributed by atoms with van der Waals surface area (Å²) in [6.45, 7) is 0. The minimum absolute atomic E-state index is 0.931. The second-order valence-corrected chi connectivity index (χ2v) is 6.07. The molecule has 1 nitrogen and oxygen atoms in total. The Morgan fingerprint density at radius 1 is 1.14 bits per heavy atom. The summed E-state index contributed by atoms with van der Waals surface area (Å²) in [4.78, 5) is 2.00.